The van der Waals surface area contributed by atoms with Gasteiger partial charge in [-0.05, 0) is 42.5 Å². The highest BCUT2D eigenvalue weighted by Crippen LogP contribution is 2.31. The molecule has 35 heavy (non-hydrogen) atoms. The van der Waals surface area contributed by atoms with E-state index >= 15 is 0 Å². The highest BCUT2D eigenvalue weighted by molar-refractivity contribution is 5.98. The van der Waals surface area contributed by atoms with Crippen LogP contribution in [-0.2, 0) is 4.84 Å². The van der Waals surface area contributed by atoms with Gasteiger partial charge in [-0.1, -0.05) is 5.16 Å². The van der Waals surface area contributed by atoms with Crippen molar-refractivity contribution < 1.29 is 18.8 Å². The first-order valence-electron chi connectivity index (χ1n) is 10.8. The van der Waals surface area contributed by atoms with E-state index < -0.39 is 5.95 Å². The van der Waals surface area contributed by atoms with Crippen molar-refractivity contribution in [1.29, 1.82) is 5.26 Å². The third-order valence-corrected chi connectivity index (χ3v) is 5.47. The van der Waals surface area contributed by atoms with Crippen LogP contribution in [0.5, 0.6) is 5.75 Å². The van der Waals surface area contributed by atoms with E-state index in [9.17, 15) is 14.4 Å². The van der Waals surface area contributed by atoms with Crippen molar-refractivity contribution in [1.82, 2.24) is 19.7 Å². The van der Waals surface area contributed by atoms with Crippen molar-refractivity contribution >= 4 is 17.3 Å². The Kier molecular flexibility index (Phi) is 6.05. The fourth-order valence-corrected chi connectivity index (χ4v) is 3.69. The molecule has 9 nitrogen and oxygen atoms in total. The molecule has 0 saturated heterocycles. The molecule has 0 aliphatic carbocycles. The number of oxime groups is 1. The number of nitriles is 1. The van der Waals surface area contributed by atoms with E-state index in [4.69, 9.17) is 9.57 Å². The van der Waals surface area contributed by atoms with Crippen LogP contribution in [0.2, 0.25) is 0 Å². The average molecular weight is 470 g/mol. The first-order valence-corrected chi connectivity index (χ1v) is 10.8. The number of hydrogen-bond donors (Lipinski definition) is 1. The van der Waals surface area contributed by atoms with Crippen LogP contribution in [0.4, 0.5) is 4.39 Å². The van der Waals surface area contributed by atoms with Crippen LogP contribution in [0, 0.1) is 17.3 Å². The maximum atomic E-state index is 13.2. The lowest BCUT2D eigenvalue weighted by molar-refractivity contribution is 0.0472. The number of rotatable bonds is 7. The molecule has 1 atom stereocenters. The minimum absolute atomic E-state index is 0.200. The number of benzene rings is 1. The van der Waals surface area contributed by atoms with Gasteiger partial charge in [0.2, 0.25) is 5.95 Å². The van der Waals surface area contributed by atoms with Crippen molar-refractivity contribution in [2.75, 3.05) is 13.2 Å². The first kappa shape index (κ1) is 22.0. The maximum Gasteiger partial charge on any atom is 0.253 e. The van der Waals surface area contributed by atoms with Gasteiger partial charge in [-0.15, -0.1) is 0 Å². The molecule has 0 saturated carbocycles. The van der Waals surface area contributed by atoms with Gasteiger partial charge in [-0.25, -0.2) is 9.97 Å². The van der Waals surface area contributed by atoms with E-state index in [-0.39, 0.29) is 25.2 Å². The molecule has 0 bridgehead atoms. The van der Waals surface area contributed by atoms with Gasteiger partial charge in [0.05, 0.1) is 29.5 Å². The number of amides is 1. The Hall–Kier alpha value is -4.78. The second kappa shape index (κ2) is 9.61. The van der Waals surface area contributed by atoms with Gasteiger partial charge < -0.3 is 19.3 Å². The zero-order chi connectivity index (χ0) is 24.2. The van der Waals surface area contributed by atoms with Crippen molar-refractivity contribution in [3.05, 3.63) is 84.3 Å². The van der Waals surface area contributed by atoms with Gasteiger partial charge >= 0.3 is 0 Å². The Morgan fingerprint density at radius 3 is 3.00 bits per heavy atom. The van der Waals surface area contributed by atoms with E-state index in [1.807, 2.05) is 0 Å². The van der Waals surface area contributed by atoms with Gasteiger partial charge in [-0.2, -0.15) is 9.65 Å². The minimum Gasteiger partial charge on any atom is -0.489 e. The van der Waals surface area contributed by atoms with Crippen molar-refractivity contribution in [3.8, 4) is 22.9 Å². The number of halogens is 1. The second-order valence-electron chi connectivity index (χ2n) is 7.89. The largest absolute Gasteiger partial charge is 0.489 e. The van der Waals surface area contributed by atoms with Crippen molar-refractivity contribution in [2.24, 2.45) is 5.16 Å². The predicted octanol–water partition coefficient (Wildman–Crippen LogP) is 3.36. The molecule has 5 rings (SSSR count). The monoisotopic (exact) mass is 470 g/mol. The molecule has 1 unspecified atom stereocenters. The lowest BCUT2D eigenvalue weighted by atomic mass is 10.0. The molecule has 0 fully saturated rings. The molecule has 1 aliphatic heterocycles. The molecule has 4 heterocycles. The number of fused-ring (bicyclic) bond motifs is 1. The van der Waals surface area contributed by atoms with Gasteiger partial charge in [0.15, 0.2) is 6.10 Å². The van der Waals surface area contributed by atoms with Crippen LogP contribution in [0.25, 0.3) is 16.8 Å². The summed E-state index contributed by atoms with van der Waals surface area (Å²) in [6, 6.07) is 13.4. The summed E-state index contributed by atoms with van der Waals surface area (Å²) in [5.41, 5.74) is 3.66. The smallest absolute Gasteiger partial charge is 0.253 e. The zero-order valence-electron chi connectivity index (χ0n) is 18.4. The third-order valence-electron chi connectivity index (χ3n) is 5.47. The number of hydrogen-bond acceptors (Lipinski definition) is 7. The Balaban J connectivity index is 1.17. The number of nitrogens with zero attached hydrogens (tertiary/aromatic N) is 5. The molecule has 1 aliphatic rings. The molecular weight excluding hydrogens is 451 g/mol. The predicted molar refractivity (Wildman–Crippen MR) is 124 cm³/mol. The summed E-state index contributed by atoms with van der Waals surface area (Å²) in [4.78, 5) is 25.8. The number of pyridine rings is 2. The van der Waals surface area contributed by atoms with E-state index in [0.717, 1.165) is 5.65 Å². The molecule has 0 radical (unpaired) electrons. The number of carbonyl (C=O) groups excluding carboxylic acids is 1. The van der Waals surface area contributed by atoms with Gasteiger partial charge in [0.25, 0.3) is 5.91 Å². The summed E-state index contributed by atoms with van der Waals surface area (Å²) in [5, 5.41) is 16.2. The summed E-state index contributed by atoms with van der Waals surface area (Å²) in [7, 11) is 0. The van der Waals surface area contributed by atoms with Crippen LogP contribution >= 0.6 is 0 Å². The van der Waals surface area contributed by atoms with Crippen LogP contribution in [0.15, 0.2) is 72.4 Å². The molecule has 4 aromatic rings. The fourth-order valence-electron chi connectivity index (χ4n) is 3.69. The summed E-state index contributed by atoms with van der Waals surface area (Å²) in [6.07, 6.45) is 6.70. The molecule has 0 spiro atoms. The minimum atomic E-state index is -0.592. The van der Waals surface area contributed by atoms with Crippen LogP contribution in [0.3, 0.4) is 0 Å². The van der Waals surface area contributed by atoms with E-state index in [2.05, 4.69) is 26.5 Å². The number of aromatic nitrogens is 3. The third kappa shape index (κ3) is 4.94. The standard InChI is InChI=1S/C25H19FN6O3/c26-23-5-2-17(12-29-23)21-9-16(11-27)1-4-22(21)34-15-20-10-19(31-35-20)13-30-25(33)18-3-6-24-28-7-8-32(24)14-18/h1-9,12,14,20H,10,13,15H2,(H,30,33). The molecule has 1 N–H and O–H groups in total. The lowest BCUT2D eigenvalue weighted by Crippen LogP contribution is -2.30. The number of nitrogens with one attached hydrogen (secondary N) is 1. The molecular formula is C25H19FN6O3. The Morgan fingerprint density at radius 2 is 2.17 bits per heavy atom. The quantitative estimate of drug-likeness (QED) is 0.415. The Labute approximate surface area is 199 Å². The highest BCUT2D eigenvalue weighted by atomic mass is 19.1. The zero-order valence-corrected chi connectivity index (χ0v) is 18.4. The van der Waals surface area contributed by atoms with Crippen LogP contribution < -0.4 is 10.1 Å². The van der Waals surface area contributed by atoms with Crippen molar-refractivity contribution in [3.63, 3.8) is 0 Å². The average Bonchev–Trinajstić information content (AvgIpc) is 3.55. The molecule has 10 heteroatoms. The van der Waals surface area contributed by atoms with E-state index in [1.165, 1.54) is 12.3 Å². The summed E-state index contributed by atoms with van der Waals surface area (Å²) in [6.45, 7) is 0.451. The summed E-state index contributed by atoms with van der Waals surface area (Å²) in [5.74, 6) is -0.304. The highest BCUT2D eigenvalue weighted by Gasteiger charge is 2.23. The van der Waals surface area contributed by atoms with Gasteiger partial charge in [-0.3, -0.25) is 4.79 Å². The molecule has 3 aromatic heterocycles. The van der Waals surface area contributed by atoms with Crippen LogP contribution in [0.1, 0.15) is 22.3 Å². The molecule has 174 valence electrons. The maximum absolute atomic E-state index is 13.2. The Bertz CT molecular complexity index is 1460. The first-order chi connectivity index (χ1) is 17.1. The van der Waals surface area contributed by atoms with E-state index in [0.29, 0.717) is 40.1 Å². The fraction of sp³-hybridized carbons (Fsp3) is 0.160. The molecule has 1 aromatic carbocycles. The second-order valence-corrected chi connectivity index (χ2v) is 7.89. The van der Waals surface area contributed by atoms with Crippen LogP contribution in [-0.4, -0.2) is 45.2 Å². The summed E-state index contributed by atoms with van der Waals surface area (Å²) < 4.78 is 21.0. The number of carbonyl (C=O) groups is 1. The normalized spacial score (nSPS) is 14.7. The number of imidazole rings is 1. The topological polar surface area (TPSA) is 114 Å². The van der Waals surface area contributed by atoms with E-state index in [1.54, 1.807) is 59.4 Å². The van der Waals surface area contributed by atoms with Crippen molar-refractivity contribution in [2.45, 2.75) is 12.5 Å². The molecule has 1 amide bonds. The Morgan fingerprint density at radius 1 is 1.26 bits per heavy atom. The number of ether oxygens (including phenoxy) is 1. The SMILES string of the molecule is N#Cc1ccc(OCC2CC(CNC(=O)c3ccc4nccn4c3)=NO2)c(-c2ccc(F)nc2)c1. The van der Waals surface area contributed by atoms with Gasteiger partial charge in [0.1, 0.15) is 18.0 Å². The lowest BCUT2D eigenvalue weighted by Gasteiger charge is -2.14. The van der Waals surface area contributed by atoms with Gasteiger partial charge in [0, 0.05) is 42.3 Å². The summed E-state index contributed by atoms with van der Waals surface area (Å²) >= 11 is 0.